The van der Waals surface area contributed by atoms with Crippen LogP contribution >= 0.6 is 22.9 Å². The Hall–Kier alpha value is -0.600. The average Bonchev–Trinajstić information content (AvgIpc) is 2.35. The third-order valence-electron chi connectivity index (χ3n) is 1.24. The SMILES string of the molecule is C/C(=C\C(=O)Cl)c1cccs1. The van der Waals surface area contributed by atoms with Crippen molar-refractivity contribution in [3.8, 4) is 0 Å². The van der Waals surface area contributed by atoms with Gasteiger partial charge in [0.05, 0.1) is 0 Å². The van der Waals surface area contributed by atoms with Gasteiger partial charge in [0.1, 0.15) is 0 Å². The summed E-state index contributed by atoms with van der Waals surface area (Å²) < 4.78 is 0. The fourth-order valence-corrected chi connectivity index (χ4v) is 1.61. The van der Waals surface area contributed by atoms with Crippen LogP contribution in [0.5, 0.6) is 0 Å². The van der Waals surface area contributed by atoms with Crippen molar-refractivity contribution in [3.05, 3.63) is 28.5 Å². The van der Waals surface area contributed by atoms with Gasteiger partial charge in [0.15, 0.2) is 0 Å². The molecule has 0 N–H and O–H groups in total. The number of hydrogen-bond donors (Lipinski definition) is 0. The third kappa shape index (κ3) is 2.48. The largest absolute Gasteiger partial charge is 0.276 e. The molecule has 1 nitrogen and oxygen atoms in total. The van der Waals surface area contributed by atoms with Gasteiger partial charge < -0.3 is 0 Å². The Labute approximate surface area is 74.3 Å². The lowest BCUT2D eigenvalue weighted by Gasteiger charge is -1.91. The molecule has 0 saturated heterocycles. The van der Waals surface area contributed by atoms with Gasteiger partial charge in [-0.05, 0) is 35.5 Å². The summed E-state index contributed by atoms with van der Waals surface area (Å²) in [6, 6.07) is 3.90. The Kier molecular flexibility index (Phi) is 2.85. The van der Waals surface area contributed by atoms with Gasteiger partial charge >= 0.3 is 0 Å². The van der Waals surface area contributed by atoms with Gasteiger partial charge in [-0.25, -0.2) is 0 Å². The van der Waals surface area contributed by atoms with Crippen LogP contribution in [0.4, 0.5) is 0 Å². The first-order valence-electron chi connectivity index (χ1n) is 3.12. The van der Waals surface area contributed by atoms with E-state index in [2.05, 4.69) is 0 Å². The monoisotopic (exact) mass is 186 g/mol. The summed E-state index contributed by atoms with van der Waals surface area (Å²) in [5.41, 5.74) is 0.917. The van der Waals surface area contributed by atoms with Crippen molar-refractivity contribution in [2.45, 2.75) is 6.92 Å². The number of allylic oxidation sites excluding steroid dienone is 2. The first kappa shape index (κ1) is 8.50. The minimum absolute atomic E-state index is 0.420. The van der Waals surface area contributed by atoms with E-state index in [1.165, 1.54) is 6.08 Å². The molecule has 11 heavy (non-hydrogen) atoms. The normalized spacial score (nSPS) is 11.6. The molecule has 0 bridgehead atoms. The minimum atomic E-state index is -0.420. The van der Waals surface area contributed by atoms with Crippen LogP contribution in [0.1, 0.15) is 11.8 Å². The zero-order chi connectivity index (χ0) is 8.27. The first-order valence-corrected chi connectivity index (χ1v) is 4.37. The fourth-order valence-electron chi connectivity index (χ4n) is 0.744. The number of carbonyl (C=O) groups is 1. The topological polar surface area (TPSA) is 17.1 Å². The zero-order valence-electron chi connectivity index (χ0n) is 6.00. The van der Waals surface area contributed by atoms with Crippen molar-refractivity contribution in [1.82, 2.24) is 0 Å². The highest BCUT2D eigenvalue weighted by atomic mass is 35.5. The van der Waals surface area contributed by atoms with Gasteiger partial charge in [-0.15, -0.1) is 11.3 Å². The highest BCUT2D eigenvalue weighted by Crippen LogP contribution is 2.19. The van der Waals surface area contributed by atoms with Crippen molar-refractivity contribution in [2.24, 2.45) is 0 Å². The summed E-state index contributed by atoms with van der Waals surface area (Å²) in [6.45, 7) is 1.87. The Morgan fingerprint density at radius 1 is 1.73 bits per heavy atom. The lowest BCUT2D eigenvalue weighted by atomic mass is 10.2. The van der Waals surface area contributed by atoms with E-state index in [1.807, 2.05) is 24.4 Å². The maximum atomic E-state index is 10.4. The Morgan fingerprint density at radius 3 is 2.91 bits per heavy atom. The summed E-state index contributed by atoms with van der Waals surface area (Å²) >= 11 is 6.77. The molecule has 1 heterocycles. The molecular weight excluding hydrogens is 180 g/mol. The molecule has 0 aliphatic carbocycles. The summed E-state index contributed by atoms with van der Waals surface area (Å²) in [4.78, 5) is 11.5. The van der Waals surface area contributed by atoms with Gasteiger partial charge in [-0.2, -0.15) is 0 Å². The number of carbonyl (C=O) groups excluding carboxylic acids is 1. The van der Waals surface area contributed by atoms with Crippen LogP contribution in [-0.2, 0) is 4.79 Å². The first-order chi connectivity index (χ1) is 5.20. The smallest absolute Gasteiger partial charge is 0.245 e. The highest BCUT2D eigenvalue weighted by molar-refractivity contribution is 7.11. The van der Waals surface area contributed by atoms with Crippen LogP contribution in [0, 0.1) is 0 Å². The van der Waals surface area contributed by atoms with Crippen molar-refractivity contribution >= 4 is 33.8 Å². The lowest BCUT2D eigenvalue weighted by Crippen LogP contribution is -1.79. The van der Waals surface area contributed by atoms with Gasteiger partial charge in [0, 0.05) is 11.0 Å². The molecule has 0 fully saturated rings. The molecule has 3 heteroatoms. The second-order valence-corrected chi connectivity index (χ2v) is 3.43. The minimum Gasteiger partial charge on any atom is -0.276 e. The van der Waals surface area contributed by atoms with Crippen LogP contribution in [0.25, 0.3) is 5.57 Å². The van der Waals surface area contributed by atoms with E-state index < -0.39 is 5.24 Å². The molecule has 1 aromatic heterocycles. The van der Waals surface area contributed by atoms with E-state index in [0.717, 1.165) is 10.5 Å². The molecule has 0 aliphatic heterocycles. The maximum Gasteiger partial charge on any atom is 0.245 e. The van der Waals surface area contributed by atoms with Crippen molar-refractivity contribution in [3.63, 3.8) is 0 Å². The highest BCUT2D eigenvalue weighted by Gasteiger charge is 1.97. The Bertz CT molecular complexity index is 274. The van der Waals surface area contributed by atoms with Crippen molar-refractivity contribution in [1.29, 1.82) is 0 Å². The quantitative estimate of drug-likeness (QED) is 0.513. The predicted molar refractivity (Wildman–Crippen MR) is 48.8 cm³/mol. The van der Waals surface area contributed by atoms with Crippen LogP contribution < -0.4 is 0 Å². The molecule has 0 unspecified atom stereocenters. The van der Waals surface area contributed by atoms with Gasteiger partial charge in [0.25, 0.3) is 0 Å². The molecule has 0 aromatic carbocycles. The molecule has 58 valence electrons. The number of rotatable bonds is 2. The molecule has 0 atom stereocenters. The molecule has 0 aliphatic rings. The number of thiophene rings is 1. The van der Waals surface area contributed by atoms with Crippen LogP contribution in [0.15, 0.2) is 23.6 Å². The summed E-state index contributed by atoms with van der Waals surface area (Å²) in [7, 11) is 0. The third-order valence-corrected chi connectivity index (χ3v) is 2.35. The second kappa shape index (κ2) is 3.69. The molecular formula is C8H7ClOS. The molecule has 0 radical (unpaired) electrons. The van der Waals surface area contributed by atoms with Gasteiger partial charge in [0.2, 0.25) is 5.24 Å². The lowest BCUT2D eigenvalue weighted by molar-refractivity contribution is -0.107. The van der Waals surface area contributed by atoms with Gasteiger partial charge in [-0.1, -0.05) is 6.07 Å². The standard InChI is InChI=1S/C8H7ClOS/c1-6(5-8(9)10)7-3-2-4-11-7/h2-5H,1H3/b6-5+. The fraction of sp³-hybridized carbons (Fsp3) is 0.125. The molecule has 1 aromatic rings. The van der Waals surface area contributed by atoms with Crippen LogP contribution in [0.2, 0.25) is 0 Å². The Morgan fingerprint density at radius 2 is 2.45 bits per heavy atom. The molecule has 0 amide bonds. The van der Waals surface area contributed by atoms with E-state index in [4.69, 9.17) is 11.6 Å². The van der Waals surface area contributed by atoms with E-state index >= 15 is 0 Å². The molecule has 1 rings (SSSR count). The maximum absolute atomic E-state index is 10.4. The Balaban J connectivity index is 2.86. The average molecular weight is 187 g/mol. The van der Waals surface area contributed by atoms with E-state index in [9.17, 15) is 4.79 Å². The van der Waals surface area contributed by atoms with E-state index in [0.29, 0.717) is 0 Å². The summed E-state index contributed by atoms with van der Waals surface area (Å²) in [5, 5.41) is 1.54. The molecule has 0 spiro atoms. The van der Waals surface area contributed by atoms with Crippen LogP contribution in [-0.4, -0.2) is 5.24 Å². The number of halogens is 1. The molecule has 0 saturated carbocycles. The second-order valence-electron chi connectivity index (χ2n) is 2.11. The summed E-state index contributed by atoms with van der Waals surface area (Å²) in [6.07, 6.45) is 1.42. The predicted octanol–water partition coefficient (Wildman–Crippen LogP) is 2.92. The summed E-state index contributed by atoms with van der Waals surface area (Å²) in [5.74, 6) is 0. The number of hydrogen-bond acceptors (Lipinski definition) is 2. The van der Waals surface area contributed by atoms with Crippen molar-refractivity contribution in [2.75, 3.05) is 0 Å². The zero-order valence-corrected chi connectivity index (χ0v) is 7.58. The van der Waals surface area contributed by atoms with E-state index in [-0.39, 0.29) is 0 Å². The van der Waals surface area contributed by atoms with Gasteiger partial charge in [-0.3, -0.25) is 4.79 Å². The van der Waals surface area contributed by atoms with Crippen molar-refractivity contribution < 1.29 is 4.79 Å². The van der Waals surface area contributed by atoms with Crippen LogP contribution in [0.3, 0.4) is 0 Å². The van der Waals surface area contributed by atoms with E-state index in [1.54, 1.807) is 11.3 Å².